The number of ether oxygens (including phenoxy) is 1. The standard InChI is InChI=1S/C23H24ClNO4/c1-14(2)21(25-22(27)18-8-3-4-9-19(18)24)23(28)29-13-20(26)17-11-10-15-6-5-7-16(15)12-17/h3-4,8-12,14,21H,5-7,13H2,1-2H3,(H,25,27)/t21-/m0/s1. The molecule has 1 aliphatic rings. The summed E-state index contributed by atoms with van der Waals surface area (Å²) in [5.41, 5.74) is 3.29. The first-order valence-corrected chi connectivity index (χ1v) is 10.1. The fourth-order valence-electron chi connectivity index (χ4n) is 3.42. The van der Waals surface area contributed by atoms with E-state index >= 15 is 0 Å². The molecule has 1 aliphatic carbocycles. The third-order valence-electron chi connectivity index (χ3n) is 5.09. The van der Waals surface area contributed by atoms with Gasteiger partial charge in [0.2, 0.25) is 0 Å². The predicted octanol–water partition coefficient (Wildman–Crippen LogP) is 4.01. The van der Waals surface area contributed by atoms with Crippen molar-refractivity contribution in [3.8, 4) is 0 Å². The van der Waals surface area contributed by atoms with Crippen molar-refractivity contribution >= 4 is 29.3 Å². The Balaban J connectivity index is 1.61. The molecular weight excluding hydrogens is 390 g/mol. The summed E-state index contributed by atoms with van der Waals surface area (Å²) in [6.45, 7) is 3.23. The van der Waals surface area contributed by atoms with Crippen molar-refractivity contribution in [2.75, 3.05) is 6.61 Å². The molecule has 1 atom stereocenters. The highest BCUT2D eigenvalue weighted by molar-refractivity contribution is 6.33. The zero-order valence-electron chi connectivity index (χ0n) is 16.5. The van der Waals surface area contributed by atoms with E-state index in [1.54, 1.807) is 44.2 Å². The molecule has 0 radical (unpaired) electrons. The maximum atomic E-state index is 12.5. The van der Waals surface area contributed by atoms with Crippen LogP contribution in [0, 0.1) is 5.92 Å². The molecule has 152 valence electrons. The number of hydrogen-bond donors (Lipinski definition) is 1. The lowest BCUT2D eigenvalue weighted by Gasteiger charge is -2.21. The molecule has 5 nitrogen and oxygen atoms in total. The SMILES string of the molecule is CC(C)[C@H](NC(=O)c1ccccc1Cl)C(=O)OCC(=O)c1ccc2c(c1)CCC2. The third-order valence-corrected chi connectivity index (χ3v) is 5.42. The van der Waals surface area contributed by atoms with E-state index in [9.17, 15) is 14.4 Å². The van der Waals surface area contributed by atoms with Crippen LogP contribution in [0.1, 0.15) is 52.1 Å². The minimum atomic E-state index is -0.883. The number of ketones is 1. The molecular formula is C23H24ClNO4. The molecule has 0 aromatic heterocycles. The average Bonchev–Trinajstić information content (AvgIpc) is 3.17. The normalized spacial score (nSPS) is 13.7. The molecule has 0 bridgehead atoms. The van der Waals surface area contributed by atoms with E-state index in [0.717, 1.165) is 19.3 Å². The number of fused-ring (bicyclic) bond motifs is 1. The van der Waals surface area contributed by atoms with E-state index in [0.29, 0.717) is 10.6 Å². The smallest absolute Gasteiger partial charge is 0.329 e. The van der Waals surface area contributed by atoms with Crippen molar-refractivity contribution in [2.45, 2.75) is 39.2 Å². The Morgan fingerprint density at radius 2 is 1.79 bits per heavy atom. The number of esters is 1. The maximum absolute atomic E-state index is 12.5. The van der Waals surface area contributed by atoms with Gasteiger partial charge in [-0.3, -0.25) is 9.59 Å². The Morgan fingerprint density at radius 1 is 1.07 bits per heavy atom. The summed E-state index contributed by atoms with van der Waals surface area (Å²) in [4.78, 5) is 37.5. The number of hydrogen-bond acceptors (Lipinski definition) is 4. The van der Waals surface area contributed by atoms with Gasteiger partial charge in [0.1, 0.15) is 6.04 Å². The van der Waals surface area contributed by atoms with Crippen LogP contribution in [-0.4, -0.2) is 30.3 Å². The molecule has 0 saturated carbocycles. The molecule has 1 N–H and O–H groups in total. The van der Waals surface area contributed by atoms with Gasteiger partial charge in [-0.15, -0.1) is 0 Å². The van der Waals surface area contributed by atoms with Gasteiger partial charge >= 0.3 is 5.97 Å². The van der Waals surface area contributed by atoms with Crippen LogP contribution in [0.4, 0.5) is 0 Å². The second-order valence-corrected chi connectivity index (χ2v) is 7.95. The summed E-state index contributed by atoms with van der Waals surface area (Å²) < 4.78 is 5.23. The van der Waals surface area contributed by atoms with Crippen LogP contribution < -0.4 is 5.32 Å². The second kappa shape index (κ2) is 9.23. The minimum absolute atomic E-state index is 0.218. The van der Waals surface area contributed by atoms with Crippen LogP contribution in [0.2, 0.25) is 5.02 Å². The Kier molecular flexibility index (Phi) is 6.70. The van der Waals surface area contributed by atoms with Crippen LogP contribution >= 0.6 is 11.6 Å². The minimum Gasteiger partial charge on any atom is -0.456 e. The second-order valence-electron chi connectivity index (χ2n) is 7.54. The maximum Gasteiger partial charge on any atom is 0.329 e. The van der Waals surface area contributed by atoms with E-state index in [2.05, 4.69) is 5.32 Å². The van der Waals surface area contributed by atoms with E-state index in [-0.39, 0.29) is 23.9 Å². The van der Waals surface area contributed by atoms with Crippen LogP contribution in [0.3, 0.4) is 0 Å². The van der Waals surface area contributed by atoms with Gasteiger partial charge in [-0.1, -0.05) is 49.7 Å². The number of rotatable bonds is 7. The zero-order chi connectivity index (χ0) is 21.0. The lowest BCUT2D eigenvalue weighted by molar-refractivity contribution is -0.145. The Hall–Kier alpha value is -2.66. The highest BCUT2D eigenvalue weighted by atomic mass is 35.5. The number of amides is 1. The quantitative estimate of drug-likeness (QED) is 0.550. The molecule has 0 fully saturated rings. The highest BCUT2D eigenvalue weighted by Gasteiger charge is 2.27. The Morgan fingerprint density at radius 3 is 2.52 bits per heavy atom. The number of carbonyl (C=O) groups is 3. The molecule has 0 heterocycles. The Bertz CT molecular complexity index is 938. The van der Waals surface area contributed by atoms with Gasteiger partial charge in [-0.05, 0) is 54.5 Å². The summed E-state index contributed by atoms with van der Waals surface area (Å²) in [6, 6.07) is 11.4. The lowest BCUT2D eigenvalue weighted by Crippen LogP contribution is -2.45. The number of halogens is 1. The van der Waals surface area contributed by atoms with E-state index < -0.39 is 17.9 Å². The van der Waals surface area contributed by atoms with Crippen molar-refractivity contribution in [1.29, 1.82) is 0 Å². The third kappa shape index (κ3) is 5.04. The Labute approximate surface area is 175 Å². The molecule has 6 heteroatoms. The topological polar surface area (TPSA) is 72.5 Å². The summed E-state index contributed by atoms with van der Waals surface area (Å²) in [5, 5.41) is 2.96. The molecule has 0 aliphatic heterocycles. The van der Waals surface area contributed by atoms with Gasteiger partial charge in [0.25, 0.3) is 5.91 Å². The molecule has 29 heavy (non-hydrogen) atoms. The summed E-state index contributed by atoms with van der Waals surface area (Å²) in [6.07, 6.45) is 3.11. The largest absolute Gasteiger partial charge is 0.456 e. The molecule has 0 saturated heterocycles. The fourth-order valence-corrected chi connectivity index (χ4v) is 3.64. The van der Waals surface area contributed by atoms with Crippen molar-refractivity contribution in [1.82, 2.24) is 5.32 Å². The number of Topliss-reactive ketones (excluding diaryl/α,β-unsaturated/α-hetero) is 1. The van der Waals surface area contributed by atoms with Gasteiger partial charge in [0.15, 0.2) is 12.4 Å². The van der Waals surface area contributed by atoms with E-state index in [1.165, 1.54) is 11.1 Å². The zero-order valence-corrected chi connectivity index (χ0v) is 17.3. The van der Waals surface area contributed by atoms with Crippen molar-refractivity contribution in [3.63, 3.8) is 0 Å². The molecule has 1 amide bonds. The van der Waals surface area contributed by atoms with E-state index in [1.807, 2.05) is 12.1 Å². The average molecular weight is 414 g/mol. The monoisotopic (exact) mass is 413 g/mol. The number of carbonyl (C=O) groups excluding carboxylic acids is 3. The number of benzene rings is 2. The molecule has 3 rings (SSSR count). The summed E-state index contributed by atoms with van der Waals surface area (Å²) in [5.74, 6) is -1.58. The molecule has 0 unspecified atom stereocenters. The lowest BCUT2D eigenvalue weighted by atomic mass is 10.0. The summed E-state index contributed by atoms with van der Waals surface area (Å²) in [7, 11) is 0. The first-order valence-electron chi connectivity index (χ1n) is 9.74. The summed E-state index contributed by atoms with van der Waals surface area (Å²) >= 11 is 6.05. The first kappa shape index (κ1) is 21.1. The van der Waals surface area contributed by atoms with Gasteiger partial charge in [-0.25, -0.2) is 4.79 Å². The first-order chi connectivity index (χ1) is 13.9. The number of aryl methyl sites for hydroxylation is 2. The van der Waals surface area contributed by atoms with Crippen LogP contribution in [0.5, 0.6) is 0 Å². The fraction of sp³-hybridized carbons (Fsp3) is 0.348. The van der Waals surface area contributed by atoms with Crippen LogP contribution in [0.25, 0.3) is 0 Å². The van der Waals surface area contributed by atoms with E-state index in [4.69, 9.17) is 16.3 Å². The van der Waals surface area contributed by atoms with Gasteiger partial charge in [0.05, 0.1) is 10.6 Å². The molecule has 0 spiro atoms. The van der Waals surface area contributed by atoms with Gasteiger partial charge < -0.3 is 10.1 Å². The highest BCUT2D eigenvalue weighted by Crippen LogP contribution is 2.23. The van der Waals surface area contributed by atoms with Crippen molar-refractivity contribution < 1.29 is 19.1 Å². The predicted molar refractivity (Wildman–Crippen MR) is 111 cm³/mol. The molecule has 2 aromatic rings. The van der Waals surface area contributed by atoms with Crippen LogP contribution in [0.15, 0.2) is 42.5 Å². The number of nitrogens with one attached hydrogen (secondary N) is 1. The van der Waals surface area contributed by atoms with Gasteiger partial charge in [0, 0.05) is 5.56 Å². The van der Waals surface area contributed by atoms with Crippen molar-refractivity contribution in [3.05, 3.63) is 69.7 Å². The van der Waals surface area contributed by atoms with Crippen molar-refractivity contribution in [2.24, 2.45) is 5.92 Å². The van der Waals surface area contributed by atoms with Crippen LogP contribution in [-0.2, 0) is 22.4 Å². The van der Waals surface area contributed by atoms with Gasteiger partial charge in [-0.2, -0.15) is 0 Å². The molecule has 2 aromatic carbocycles.